The van der Waals surface area contributed by atoms with E-state index < -0.39 is 0 Å². The topological polar surface area (TPSA) is 62.3 Å². The lowest BCUT2D eigenvalue weighted by Crippen LogP contribution is -2.38. The first-order valence-electron chi connectivity index (χ1n) is 11.1. The third-order valence-corrected chi connectivity index (χ3v) is 6.77. The molecule has 4 aromatic rings. The molecule has 0 amide bonds. The molecular formula is C25H25FN6O. The monoisotopic (exact) mass is 444 g/mol. The molecule has 2 aromatic carbocycles. The quantitative estimate of drug-likeness (QED) is 0.464. The maximum atomic E-state index is 13.4. The summed E-state index contributed by atoms with van der Waals surface area (Å²) in [4.78, 5) is 8.86. The maximum absolute atomic E-state index is 13.4. The molecular weight excluding hydrogens is 419 g/mol. The minimum absolute atomic E-state index is 0.111. The Hall–Kier alpha value is -3.49. The van der Waals surface area contributed by atoms with E-state index in [0.29, 0.717) is 13.1 Å². The molecule has 4 heterocycles. The number of aromatic nitrogens is 4. The van der Waals surface area contributed by atoms with Crippen molar-refractivity contribution in [3.8, 4) is 28.3 Å². The van der Waals surface area contributed by atoms with Crippen molar-refractivity contribution in [1.82, 2.24) is 24.2 Å². The zero-order valence-electron chi connectivity index (χ0n) is 18.6. The number of aliphatic hydroxyl groups excluding tert-OH is 1. The van der Waals surface area contributed by atoms with Crippen LogP contribution >= 0.6 is 0 Å². The molecule has 2 aliphatic rings. The van der Waals surface area contributed by atoms with Gasteiger partial charge in [-0.15, -0.1) is 0 Å². The number of nitrogens with zero attached hydrogens (tertiary/aromatic N) is 6. The van der Waals surface area contributed by atoms with E-state index in [0.717, 1.165) is 46.1 Å². The van der Waals surface area contributed by atoms with Gasteiger partial charge in [0, 0.05) is 37.1 Å². The van der Waals surface area contributed by atoms with Crippen LogP contribution < -0.4 is 4.90 Å². The van der Waals surface area contributed by atoms with Crippen LogP contribution in [0.25, 0.3) is 28.3 Å². The molecule has 0 saturated carbocycles. The van der Waals surface area contributed by atoms with E-state index in [-0.39, 0.29) is 18.0 Å². The summed E-state index contributed by atoms with van der Waals surface area (Å²) < 4.78 is 17.5. The molecule has 7 nitrogen and oxygen atoms in total. The molecule has 2 aliphatic heterocycles. The van der Waals surface area contributed by atoms with Crippen molar-refractivity contribution >= 4 is 5.69 Å². The fraction of sp³-hybridized carbons (Fsp3) is 0.280. The summed E-state index contributed by atoms with van der Waals surface area (Å²) in [6, 6.07) is 15.1. The summed E-state index contributed by atoms with van der Waals surface area (Å²) in [6.07, 6.45) is 3.28. The second-order valence-corrected chi connectivity index (χ2v) is 9.06. The minimum Gasteiger partial charge on any atom is -0.390 e. The molecule has 2 atom stereocenters. The zero-order chi connectivity index (χ0) is 22.7. The molecule has 33 heavy (non-hydrogen) atoms. The number of benzene rings is 2. The largest absolute Gasteiger partial charge is 0.390 e. The number of hydrogen-bond acceptors (Lipinski definition) is 5. The summed E-state index contributed by atoms with van der Waals surface area (Å²) in [5, 5.41) is 15.0. The van der Waals surface area contributed by atoms with Crippen molar-refractivity contribution in [3.05, 3.63) is 72.4 Å². The van der Waals surface area contributed by atoms with Gasteiger partial charge in [0.2, 0.25) is 0 Å². The molecule has 1 saturated heterocycles. The van der Waals surface area contributed by atoms with Crippen molar-refractivity contribution in [2.24, 2.45) is 0 Å². The van der Waals surface area contributed by atoms with Gasteiger partial charge in [-0.05, 0) is 61.6 Å². The Morgan fingerprint density at radius 3 is 2.61 bits per heavy atom. The third-order valence-electron chi connectivity index (χ3n) is 6.77. The minimum atomic E-state index is -0.380. The smallest absolute Gasteiger partial charge is 0.179 e. The number of aliphatic hydroxyl groups is 1. The number of anilines is 1. The first kappa shape index (κ1) is 20.1. The highest BCUT2D eigenvalue weighted by atomic mass is 19.1. The Balaban J connectivity index is 1.40. The van der Waals surface area contributed by atoms with Gasteiger partial charge in [0.1, 0.15) is 12.1 Å². The SMILES string of the molecule is CN(C)[C@@H]1CN(c2ccc3c(c2)Cn2cc(-c4ccc(F)cc4)cc2-c2ncnn2-3)C[C@H]1O. The lowest BCUT2D eigenvalue weighted by molar-refractivity contribution is 0.114. The standard InChI is InChI=1S/C25H25FN6O/c1-29(2)23-13-30(14-24(23)33)20-7-8-21-18(9-20)12-31-11-17(16-3-5-19(26)6-4-16)10-22(31)25-27-15-28-32(21)25/h3-11,15,23-24,33H,12-14H2,1-2H3/t23-,24-/m1/s1. The van der Waals surface area contributed by atoms with Gasteiger partial charge in [0.25, 0.3) is 0 Å². The molecule has 1 N–H and O–H groups in total. The second-order valence-electron chi connectivity index (χ2n) is 9.06. The Bertz CT molecular complexity index is 1330. The van der Waals surface area contributed by atoms with Crippen LogP contribution in [-0.2, 0) is 6.54 Å². The van der Waals surface area contributed by atoms with Crippen molar-refractivity contribution in [1.29, 1.82) is 0 Å². The zero-order valence-corrected chi connectivity index (χ0v) is 18.6. The van der Waals surface area contributed by atoms with E-state index in [1.807, 2.05) is 18.8 Å². The highest BCUT2D eigenvalue weighted by Crippen LogP contribution is 2.35. The fourth-order valence-corrected chi connectivity index (χ4v) is 4.99. The molecule has 8 heteroatoms. The predicted octanol–water partition coefficient (Wildman–Crippen LogP) is 3.01. The Morgan fingerprint density at radius 2 is 1.85 bits per heavy atom. The Morgan fingerprint density at radius 1 is 1.03 bits per heavy atom. The number of likely N-dealkylation sites (N-methyl/N-ethyl adjacent to an activating group) is 1. The molecule has 0 aliphatic carbocycles. The van der Waals surface area contributed by atoms with Crippen LogP contribution in [0, 0.1) is 5.82 Å². The van der Waals surface area contributed by atoms with Gasteiger partial charge in [-0.2, -0.15) is 5.10 Å². The highest BCUT2D eigenvalue weighted by molar-refractivity contribution is 5.72. The van der Waals surface area contributed by atoms with E-state index in [4.69, 9.17) is 0 Å². The van der Waals surface area contributed by atoms with E-state index >= 15 is 0 Å². The number of fused-ring (bicyclic) bond motifs is 5. The molecule has 0 unspecified atom stereocenters. The Labute approximate surface area is 191 Å². The molecule has 168 valence electrons. The van der Waals surface area contributed by atoms with Crippen molar-refractivity contribution in [2.45, 2.75) is 18.7 Å². The predicted molar refractivity (Wildman–Crippen MR) is 125 cm³/mol. The van der Waals surface area contributed by atoms with Crippen molar-refractivity contribution in [3.63, 3.8) is 0 Å². The van der Waals surface area contributed by atoms with Crippen LogP contribution in [0.2, 0.25) is 0 Å². The van der Waals surface area contributed by atoms with E-state index in [2.05, 4.69) is 54.9 Å². The lowest BCUT2D eigenvalue weighted by atomic mass is 10.1. The first-order chi connectivity index (χ1) is 16.0. The maximum Gasteiger partial charge on any atom is 0.179 e. The molecule has 0 bridgehead atoms. The van der Waals surface area contributed by atoms with Gasteiger partial charge in [-0.3, -0.25) is 0 Å². The third kappa shape index (κ3) is 3.34. The van der Waals surface area contributed by atoms with Crippen LogP contribution in [0.5, 0.6) is 0 Å². The summed E-state index contributed by atoms with van der Waals surface area (Å²) in [5.41, 5.74) is 6.15. The van der Waals surface area contributed by atoms with Crippen LogP contribution in [0.15, 0.2) is 61.1 Å². The van der Waals surface area contributed by atoms with E-state index in [1.54, 1.807) is 18.5 Å². The van der Waals surface area contributed by atoms with Crippen molar-refractivity contribution in [2.75, 3.05) is 32.1 Å². The molecule has 6 rings (SSSR count). The van der Waals surface area contributed by atoms with Crippen LogP contribution in [-0.4, -0.2) is 68.7 Å². The van der Waals surface area contributed by atoms with Crippen molar-refractivity contribution < 1.29 is 9.50 Å². The van der Waals surface area contributed by atoms with Gasteiger partial charge in [-0.1, -0.05) is 12.1 Å². The number of hydrogen-bond donors (Lipinski definition) is 1. The van der Waals surface area contributed by atoms with Crippen LogP contribution in [0.4, 0.5) is 10.1 Å². The average Bonchev–Trinajstić information content (AvgIpc) is 3.51. The second kappa shape index (κ2) is 7.54. The highest BCUT2D eigenvalue weighted by Gasteiger charge is 2.33. The number of β-amino-alcohol motifs (C(OH)–C–C–N with tert-alkyl or cyclic N) is 1. The summed E-state index contributed by atoms with van der Waals surface area (Å²) in [5.74, 6) is 0.531. The fourth-order valence-electron chi connectivity index (χ4n) is 4.99. The van der Waals surface area contributed by atoms with Crippen LogP contribution in [0.1, 0.15) is 5.56 Å². The molecule has 0 spiro atoms. The molecule has 0 radical (unpaired) electrons. The lowest BCUT2D eigenvalue weighted by Gasteiger charge is -2.23. The van der Waals surface area contributed by atoms with Gasteiger partial charge in [-0.25, -0.2) is 14.1 Å². The first-order valence-corrected chi connectivity index (χ1v) is 11.1. The summed E-state index contributed by atoms with van der Waals surface area (Å²) >= 11 is 0. The van der Waals surface area contributed by atoms with E-state index in [9.17, 15) is 9.50 Å². The van der Waals surface area contributed by atoms with Gasteiger partial charge in [0.05, 0.1) is 23.5 Å². The summed E-state index contributed by atoms with van der Waals surface area (Å²) in [7, 11) is 4.01. The number of rotatable bonds is 3. The summed E-state index contributed by atoms with van der Waals surface area (Å²) in [6.45, 7) is 2.06. The van der Waals surface area contributed by atoms with Gasteiger partial charge in [0.15, 0.2) is 5.82 Å². The molecule has 1 fully saturated rings. The molecule has 2 aromatic heterocycles. The number of halogens is 1. The van der Waals surface area contributed by atoms with Gasteiger partial charge < -0.3 is 19.5 Å². The van der Waals surface area contributed by atoms with Gasteiger partial charge >= 0.3 is 0 Å². The van der Waals surface area contributed by atoms with Crippen LogP contribution in [0.3, 0.4) is 0 Å². The Kier molecular flexibility index (Phi) is 4.60. The normalized spacial score (nSPS) is 19.4. The average molecular weight is 445 g/mol. The van der Waals surface area contributed by atoms with E-state index in [1.165, 1.54) is 12.1 Å².